The summed E-state index contributed by atoms with van der Waals surface area (Å²) in [7, 11) is 0. The number of hydrogen-bond donors (Lipinski definition) is 3. The van der Waals surface area contributed by atoms with Gasteiger partial charge < -0.3 is 9.72 Å². The minimum absolute atomic E-state index is 0.0706. The van der Waals surface area contributed by atoms with E-state index in [0.717, 1.165) is 37.9 Å². The molecule has 1 spiro atoms. The Labute approximate surface area is 198 Å². The van der Waals surface area contributed by atoms with Crippen LogP contribution in [0.4, 0.5) is 0 Å². The topological polar surface area (TPSA) is 94.7 Å². The Morgan fingerprint density at radius 2 is 2.09 bits per heavy atom. The van der Waals surface area contributed by atoms with Gasteiger partial charge in [0.25, 0.3) is 5.91 Å². The molecule has 2 atom stereocenters. The molecule has 1 amide bonds. The SMILES string of the molecule is CC(c1c[nH]c2ccccc12)N1CCCC2(CC1)CC(=O)c1cc(/C=C/C(=O)NO)ccc1O2. The average Bonchev–Trinajstić information content (AvgIpc) is 3.18. The smallest absolute Gasteiger partial charge is 0.267 e. The minimum Gasteiger partial charge on any atom is -0.486 e. The molecule has 3 heterocycles. The maximum atomic E-state index is 13.1. The molecule has 34 heavy (non-hydrogen) atoms. The van der Waals surface area contributed by atoms with Gasteiger partial charge in [0, 0.05) is 42.2 Å². The van der Waals surface area contributed by atoms with Gasteiger partial charge in [-0.1, -0.05) is 24.3 Å². The van der Waals surface area contributed by atoms with Crippen molar-refractivity contribution in [1.29, 1.82) is 0 Å². The van der Waals surface area contributed by atoms with Gasteiger partial charge in [-0.3, -0.25) is 19.7 Å². The van der Waals surface area contributed by atoms with E-state index in [4.69, 9.17) is 9.94 Å². The number of nitrogens with one attached hydrogen (secondary N) is 2. The number of Topliss-reactive ketones (excluding diaryl/α,β-unsaturated/α-hetero) is 1. The first kappa shape index (κ1) is 22.4. The molecule has 2 aliphatic rings. The highest BCUT2D eigenvalue weighted by molar-refractivity contribution is 6.01. The average molecular weight is 460 g/mol. The summed E-state index contributed by atoms with van der Waals surface area (Å²) in [5.41, 5.74) is 4.78. The zero-order valence-electron chi connectivity index (χ0n) is 19.2. The van der Waals surface area contributed by atoms with Crippen LogP contribution >= 0.6 is 0 Å². The second kappa shape index (κ2) is 9.08. The van der Waals surface area contributed by atoms with Crippen molar-refractivity contribution < 1.29 is 19.5 Å². The van der Waals surface area contributed by atoms with E-state index in [1.807, 2.05) is 18.2 Å². The number of likely N-dealkylation sites (tertiary alicyclic amines) is 1. The normalized spacial score (nSPS) is 21.9. The van der Waals surface area contributed by atoms with E-state index in [1.54, 1.807) is 17.6 Å². The molecule has 1 fully saturated rings. The van der Waals surface area contributed by atoms with Gasteiger partial charge in [0.2, 0.25) is 0 Å². The Balaban J connectivity index is 1.32. The molecule has 2 unspecified atom stereocenters. The van der Waals surface area contributed by atoms with E-state index in [2.05, 4.69) is 41.2 Å². The summed E-state index contributed by atoms with van der Waals surface area (Å²) in [6.07, 6.45) is 7.84. The zero-order chi connectivity index (χ0) is 23.7. The number of para-hydroxylation sites is 1. The van der Waals surface area contributed by atoms with Crippen molar-refractivity contribution in [3.63, 3.8) is 0 Å². The van der Waals surface area contributed by atoms with Crippen LogP contribution in [0.5, 0.6) is 5.75 Å². The number of benzene rings is 2. The summed E-state index contributed by atoms with van der Waals surface area (Å²) in [5, 5.41) is 9.89. The molecule has 2 aliphatic heterocycles. The van der Waals surface area contributed by atoms with Gasteiger partial charge in [0.05, 0.1) is 12.0 Å². The number of hydroxylamine groups is 1. The summed E-state index contributed by atoms with van der Waals surface area (Å²) >= 11 is 0. The molecule has 0 radical (unpaired) electrons. The molecule has 3 aromatic rings. The molecular formula is C27H29N3O4. The highest BCUT2D eigenvalue weighted by Crippen LogP contribution is 2.41. The van der Waals surface area contributed by atoms with Crippen LogP contribution in [0, 0.1) is 0 Å². The molecular weight excluding hydrogens is 430 g/mol. The van der Waals surface area contributed by atoms with Crippen LogP contribution in [-0.4, -0.2) is 45.5 Å². The molecule has 7 nitrogen and oxygen atoms in total. The number of amides is 1. The first-order valence-electron chi connectivity index (χ1n) is 11.8. The number of ketones is 1. The first-order valence-corrected chi connectivity index (χ1v) is 11.8. The minimum atomic E-state index is -0.621. The third kappa shape index (κ3) is 4.24. The molecule has 3 N–H and O–H groups in total. The summed E-state index contributed by atoms with van der Waals surface area (Å²) in [6.45, 7) is 4.08. The van der Waals surface area contributed by atoms with Gasteiger partial charge in [0.15, 0.2) is 5.78 Å². The number of nitrogens with zero attached hydrogens (tertiary/aromatic N) is 1. The Kier molecular flexibility index (Phi) is 5.98. The maximum absolute atomic E-state index is 13.1. The van der Waals surface area contributed by atoms with Gasteiger partial charge in [-0.15, -0.1) is 0 Å². The largest absolute Gasteiger partial charge is 0.486 e. The number of aromatic amines is 1. The van der Waals surface area contributed by atoms with Crippen LogP contribution < -0.4 is 10.2 Å². The maximum Gasteiger partial charge on any atom is 0.267 e. The fraction of sp³-hybridized carbons (Fsp3) is 0.333. The number of fused-ring (bicyclic) bond motifs is 2. The molecule has 0 bridgehead atoms. The van der Waals surface area contributed by atoms with Crippen LogP contribution in [0.2, 0.25) is 0 Å². The number of aromatic nitrogens is 1. The van der Waals surface area contributed by atoms with E-state index < -0.39 is 11.5 Å². The fourth-order valence-electron chi connectivity index (χ4n) is 5.32. The van der Waals surface area contributed by atoms with Crippen molar-refractivity contribution in [2.45, 2.75) is 44.2 Å². The van der Waals surface area contributed by atoms with Crippen LogP contribution in [0.15, 0.2) is 54.7 Å². The predicted molar refractivity (Wildman–Crippen MR) is 130 cm³/mol. The third-order valence-electron chi connectivity index (χ3n) is 7.20. The second-order valence-electron chi connectivity index (χ2n) is 9.31. The van der Waals surface area contributed by atoms with Crippen LogP contribution in [0.3, 0.4) is 0 Å². The Hall–Kier alpha value is -3.42. The summed E-state index contributed by atoms with van der Waals surface area (Å²) in [4.78, 5) is 30.2. The summed E-state index contributed by atoms with van der Waals surface area (Å²) in [5.74, 6) is 0.0588. The van der Waals surface area contributed by atoms with Crippen LogP contribution in [0.25, 0.3) is 17.0 Å². The van der Waals surface area contributed by atoms with Crippen molar-refractivity contribution >= 4 is 28.7 Å². The lowest BCUT2D eigenvalue weighted by Crippen LogP contribution is -2.43. The molecule has 1 aromatic heterocycles. The Morgan fingerprint density at radius 3 is 2.94 bits per heavy atom. The van der Waals surface area contributed by atoms with Gasteiger partial charge in [0.1, 0.15) is 11.4 Å². The standard InChI is InChI=1S/C27H29N3O4/c1-18(22-17-28-23-6-3-2-5-20(22)23)30-13-4-11-27(12-14-30)16-24(31)21-15-19(7-9-25(21)34-27)8-10-26(32)29-33/h2-3,5-10,15,17-18,28,33H,4,11-14,16H2,1H3,(H,29,32)/b10-8+. The van der Waals surface area contributed by atoms with Crippen molar-refractivity contribution in [1.82, 2.24) is 15.4 Å². The van der Waals surface area contributed by atoms with Crippen LogP contribution in [0.1, 0.15) is 60.1 Å². The third-order valence-corrected chi connectivity index (χ3v) is 7.20. The Morgan fingerprint density at radius 1 is 1.24 bits per heavy atom. The number of hydrogen-bond acceptors (Lipinski definition) is 5. The van der Waals surface area contributed by atoms with Crippen molar-refractivity contribution in [3.8, 4) is 5.75 Å². The van der Waals surface area contributed by atoms with E-state index in [9.17, 15) is 9.59 Å². The molecule has 5 rings (SSSR count). The molecule has 0 saturated carbocycles. The highest BCUT2D eigenvalue weighted by Gasteiger charge is 2.42. The molecule has 7 heteroatoms. The van der Waals surface area contributed by atoms with Crippen molar-refractivity contribution in [3.05, 3.63) is 71.4 Å². The van der Waals surface area contributed by atoms with Crippen molar-refractivity contribution in [2.24, 2.45) is 0 Å². The van der Waals surface area contributed by atoms with Gasteiger partial charge >= 0.3 is 0 Å². The van der Waals surface area contributed by atoms with E-state index in [1.165, 1.54) is 17.0 Å². The monoisotopic (exact) mass is 459 g/mol. The molecule has 0 aliphatic carbocycles. The van der Waals surface area contributed by atoms with Gasteiger partial charge in [-0.25, -0.2) is 5.48 Å². The second-order valence-corrected chi connectivity index (χ2v) is 9.31. The zero-order valence-corrected chi connectivity index (χ0v) is 19.2. The Bertz CT molecular complexity index is 1260. The summed E-state index contributed by atoms with van der Waals surface area (Å²) < 4.78 is 6.50. The fourth-order valence-corrected chi connectivity index (χ4v) is 5.32. The highest BCUT2D eigenvalue weighted by atomic mass is 16.5. The van der Waals surface area contributed by atoms with E-state index in [0.29, 0.717) is 23.3 Å². The lowest BCUT2D eigenvalue weighted by atomic mass is 9.84. The number of ether oxygens (including phenoxy) is 1. The molecule has 176 valence electrons. The number of rotatable bonds is 4. The van der Waals surface area contributed by atoms with E-state index >= 15 is 0 Å². The lowest BCUT2D eigenvalue weighted by Gasteiger charge is -2.38. The number of carbonyl (C=O) groups is 2. The van der Waals surface area contributed by atoms with E-state index in [-0.39, 0.29) is 11.8 Å². The first-order chi connectivity index (χ1) is 16.5. The lowest BCUT2D eigenvalue weighted by molar-refractivity contribution is -0.124. The predicted octanol–water partition coefficient (Wildman–Crippen LogP) is 4.64. The van der Waals surface area contributed by atoms with Crippen molar-refractivity contribution in [2.75, 3.05) is 13.1 Å². The molecule has 1 saturated heterocycles. The summed E-state index contributed by atoms with van der Waals surface area (Å²) in [6, 6.07) is 14.0. The quantitative estimate of drug-likeness (QED) is 0.300. The van der Waals surface area contributed by atoms with Gasteiger partial charge in [-0.2, -0.15) is 0 Å². The van der Waals surface area contributed by atoms with Crippen LogP contribution in [-0.2, 0) is 4.79 Å². The van der Waals surface area contributed by atoms with Gasteiger partial charge in [-0.05, 0) is 61.7 Å². The number of carbonyl (C=O) groups excluding carboxylic acids is 2. The number of H-pyrrole nitrogens is 1. The molecule has 2 aromatic carbocycles.